The average molecular weight is 495 g/mol. The van der Waals surface area contributed by atoms with Gasteiger partial charge in [0.05, 0.1) is 27.0 Å². The van der Waals surface area contributed by atoms with Gasteiger partial charge in [0.1, 0.15) is 18.1 Å². The molecule has 0 aliphatic carbocycles. The number of aromatic nitrogens is 2. The van der Waals surface area contributed by atoms with Gasteiger partial charge >= 0.3 is 0 Å². The summed E-state index contributed by atoms with van der Waals surface area (Å²) in [4.78, 5) is 24.8. The molecule has 0 unspecified atom stereocenters. The Hall–Kier alpha value is -4.38. The fourth-order valence-electron chi connectivity index (χ4n) is 3.03. The topological polar surface area (TPSA) is 125 Å². The number of ether oxygens (including phenoxy) is 3. The van der Waals surface area contributed by atoms with E-state index >= 15 is 0 Å². The van der Waals surface area contributed by atoms with Gasteiger partial charge in [-0.25, -0.2) is 0 Å². The van der Waals surface area contributed by atoms with Crippen LogP contribution in [0.3, 0.4) is 0 Å². The number of methoxy groups -OCH3 is 2. The first-order chi connectivity index (χ1) is 17.1. The molecule has 0 saturated heterocycles. The maximum atomic E-state index is 12.5. The van der Waals surface area contributed by atoms with E-state index in [0.717, 1.165) is 11.3 Å². The molecule has 2 N–H and O–H groups in total. The highest BCUT2D eigenvalue weighted by Crippen LogP contribution is 2.31. The third-order valence-electron chi connectivity index (χ3n) is 4.79. The lowest BCUT2D eigenvalue weighted by atomic mass is 10.2. The van der Waals surface area contributed by atoms with Crippen molar-refractivity contribution >= 4 is 28.8 Å². The third kappa shape index (κ3) is 6.15. The predicted octanol–water partition coefficient (Wildman–Crippen LogP) is 3.91. The normalized spacial score (nSPS) is 10.5. The van der Waals surface area contributed by atoms with Crippen molar-refractivity contribution in [1.82, 2.24) is 15.5 Å². The first-order valence-corrected chi connectivity index (χ1v) is 11.3. The molecule has 180 valence electrons. The van der Waals surface area contributed by atoms with Crippen molar-refractivity contribution in [2.24, 2.45) is 0 Å². The summed E-state index contributed by atoms with van der Waals surface area (Å²) in [6.07, 6.45) is 1.55. The van der Waals surface area contributed by atoms with Gasteiger partial charge in [-0.1, -0.05) is 11.3 Å². The van der Waals surface area contributed by atoms with Gasteiger partial charge in [0.15, 0.2) is 16.5 Å². The fourth-order valence-corrected chi connectivity index (χ4v) is 3.68. The lowest BCUT2D eigenvalue weighted by molar-refractivity contribution is 0.0947. The molecule has 0 saturated carbocycles. The molecule has 0 aliphatic heterocycles. The second-order valence-corrected chi connectivity index (χ2v) is 8.16. The molecule has 4 rings (SSSR count). The van der Waals surface area contributed by atoms with Crippen molar-refractivity contribution in [3.63, 3.8) is 0 Å². The van der Waals surface area contributed by atoms with Gasteiger partial charge in [-0.15, -0.1) is 10.2 Å². The van der Waals surface area contributed by atoms with Crippen molar-refractivity contribution in [1.29, 1.82) is 0 Å². The molecule has 0 fully saturated rings. The molecular weight excluding hydrogens is 472 g/mol. The highest BCUT2D eigenvalue weighted by molar-refractivity contribution is 7.13. The first kappa shape index (κ1) is 23.8. The van der Waals surface area contributed by atoms with Crippen LogP contribution in [-0.2, 0) is 13.2 Å². The Labute approximate surface area is 204 Å². The number of furan rings is 1. The standard InChI is InChI=1S/C24H22N4O6S/c1-31-19-10-9-17(12-20(19)32-2)34-14-21-27-28-24(35-21)23(30)26-16-7-5-15(6-8-16)22(29)25-13-18-4-3-11-33-18/h3-12H,13-14H2,1-2H3,(H,25,29)(H,26,30). The van der Waals surface area contributed by atoms with Gasteiger partial charge in [-0.3, -0.25) is 9.59 Å². The maximum absolute atomic E-state index is 12.5. The molecular formula is C24H22N4O6S. The zero-order valence-electron chi connectivity index (χ0n) is 18.9. The zero-order chi connectivity index (χ0) is 24.6. The van der Waals surface area contributed by atoms with E-state index in [9.17, 15) is 9.59 Å². The predicted molar refractivity (Wildman–Crippen MR) is 128 cm³/mol. The van der Waals surface area contributed by atoms with Gasteiger partial charge < -0.3 is 29.3 Å². The molecule has 2 heterocycles. The SMILES string of the molecule is COc1ccc(OCc2nnc(C(=O)Nc3ccc(C(=O)NCc4ccco4)cc3)s2)cc1OC. The van der Waals surface area contributed by atoms with Crippen LogP contribution in [0.5, 0.6) is 17.2 Å². The molecule has 2 aromatic heterocycles. The molecule has 0 atom stereocenters. The Morgan fingerprint density at radius 1 is 0.971 bits per heavy atom. The van der Waals surface area contributed by atoms with E-state index in [2.05, 4.69) is 20.8 Å². The fraction of sp³-hybridized carbons (Fsp3) is 0.167. The monoisotopic (exact) mass is 494 g/mol. The van der Waals surface area contributed by atoms with Crippen molar-refractivity contribution in [2.75, 3.05) is 19.5 Å². The number of hydrogen-bond acceptors (Lipinski definition) is 9. The van der Waals surface area contributed by atoms with E-state index in [1.807, 2.05) is 0 Å². The molecule has 4 aromatic rings. The number of anilines is 1. The van der Waals surface area contributed by atoms with Gasteiger partial charge in [0.2, 0.25) is 5.01 Å². The Balaban J connectivity index is 1.29. The minimum atomic E-state index is -0.408. The number of carbonyl (C=O) groups is 2. The second-order valence-electron chi connectivity index (χ2n) is 7.10. The number of rotatable bonds is 10. The van der Waals surface area contributed by atoms with Gasteiger partial charge in [-0.05, 0) is 48.5 Å². The van der Waals surface area contributed by atoms with E-state index < -0.39 is 5.91 Å². The number of benzene rings is 2. The third-order valence-corrected chi connectivity index (χ3v) is 5.68. The number of nitrogens with zero attached hydrogens (tertiary/aromatic N) is 2. The van der Waals surface area contributed by atoms with Crippen LogP contribution in [-0.4, -0.2) is 36.2 Å². The van der Waals surface area contributed by atoms with Crippen LogP contribution in [0.25, 0.3) is 0 Å². The van der Waals surface area contributed by atoms with Crippen molar-refractivity contribution in [2.45, 2.75) is 13.2 Å². The molecule has 0 bridgehead atoms. The zero-order valence-corrected chi connectivity index (χ0v) is 19.8. The summed E-state index contributed by atoms with van der Waals surface area (Å²) < 4.78 is 21.4. The molecule has 0 spiro atoms. The number of carbonyl (C=O) groups excluding carboxylic acids is 2. The van der Waals surface area contributed by atoms with E-state index in [-0.39, 0.29) is 17.5 Å². The van der Waals surface area contributed by atoms with Gasteiger partial charge in [0, 0.05) is 17.3 Å². The van der Waals surface area contributed by atoms with Gasteiger partial charge in [0.25, 0.3) is 11.8 Å². The summed E-state index contributed by atoms with van der Waals surface area (Å²) in [5, 5.41) is 14.2. The molecule has 2 aromatic carbocycles. The number of nitrogens with one attached hydrogen (secondary N) is 2. The van der Waals surface area contributed by atoms with E-state index in [4.69, 9.17) is 18.6 Å². The van der Waals surface area contributed by atoms with E-state index in [1.54, 1.807) is 75.1 Å². The number of hydrogen-bond donors (Lipinski definition) is 2. The van der Waals surface area contributed by atoms with Crippen LogP contribution < -0.4 is 24.8 Å². The Morgan fingerprint density at radius 3 is 2.49 bits per heavy atom. The molecule has 11 heteroatoms. The molecule has 0 aliphatic rings. The minimum Gasteiger partial charge on any atom is -0.493 e. The van der Waals surface area contributed by atoms with Crippen molar-refractivity contribution in [3.8, 4) is 17.2 Å². The van der Waals surface area contributed by atoms with Crippen LogP contribution in [0.4, 0.5) is 5.69 Å². The van der Waals surface area contributed by atoms with E-state index in [1.165, 1.54) is 0 Å². The second kappa shape index (κ2) is 11.2. The minimum absolute atomic E-state index is 0.141. The summed E-state index contributed by atoms with van der Waals surface area (Å²) in [7, 11) is 3.10. The van der Waals surface area contributed by atoms with Crippen molar-refractivity contribution in [3.05, 3.63) is 82.2 Å². The summed E-state index contributed by atoms with van der Waals surface area (Å²) in [5.41, 5.74) is 0.982. The molecule has 35 heavy (non-hydrogen) atoms. The van der Waals surface area contributed by atoms with Crippen LogP contribution in [0.1, 0.15) is 30.9 Å². The first-order valence-electron chi connectivity index (χ1n) is 10.4. The van der Waals surface area contributed by atoms with E-state index in [0.29, 0.717) is 45.8 Å². The number of amides is 2. The highest BCUT2D eigenvalue weighted by Gasteiger charge is 2.15. The molecule has 2 amide bonds. The summed E-state index contributed by atoms with van der Waals surface area (Å²) in [6, 6.07) is 15.2. The Bertz CT molecular complexity index is 1290. The Morgan fingerprint density at radius 2 is 1.77 bits per heavy atom. The summed E-state index contributed by atoms with van der Waals surface area (Å²) >= 11 is 1.12. The highest BCUT2D eigenvalue weighted by atomic mass is 32.1. The van der Waals surface area contributed by atoms with Crippen molar-refractivity contribution < 1.29 is 28.2 Å². The largest absolute Gasteiger partial charge is 0.493 e. The molecule has 10 nitrogen and oxygen atoms in total. The summed E-state index contributed by atoms with van der Waals surface area (Å²) in [5.74, 6) is 1.71. The summed E-state index contributed by atoms with van der Waals surface area (Å²) in [6.45, 7) is 0.432. The quantitative estimate of drug-likeness (QED) is 0.340. The van der Waals surface area contributed by atoms with Crippen LogP contribution in [0, 0.1) is 0 Å². The van der Waals surface area contributed by atoms with Crippen LogP contribution in [0.15, 0.2) is 65.3 Å². The lowest BCUT2D eigenvalue weighted by Crippen LogP contribution is -2.22. The average Bonchev–Trinajstić information content (AvgIpc) is 3.59. The van der Waals surface area contributed by atoms with Crippen LogP contribution >= 0.6 is 11.3 Å². The van der Waals surface area contributed by atoms with Crippen LogP contribution in [0.2, 0.25) is 0 Å². The Kier molecular flexibility index (Phi) is 7.58. The maximum Gasteiger partial charge on any atom is 0.286 e. The smallest absolute Gasteiger partial charge is 0.286 e. The molecule has 0 radical (unpaired) electrons. The van der Waals surface area contributed by atoms with Gasteiger partial charge in [-0.2, -0.15) is 0 Å². The lowest BCUT2D eigenvalue weighted by Gasteiger charge is -2.09.